The third-order valence-corrected chi connectivity index (χ3v) is 0.483. The summed E-state index contributed by atoms with van der Waals surface area (Å²) in [5, 5.41) is 16.3. The monoisotopic (exact) mass is 149 g/mol. The predicted octanol–water partition coefficient (Wildman–Crippen LogP) is -1.11. The maximum absolute atomic E-state index is 9.44. The van der Waals surface area contributed by atoms with Crippen molar-refractivity contribution >= 4 is 5.78 Å². The predicted molar refractivity (Wildman–Crippen MR) is 38.5 cm³/mol. The van der Waals surface area contributed by atoms with Gasteiger partial charge in [-0.3, -0.25) is 0 Å². The Morgan fingerprint density at radius 3 is 1.90 bits per heavy atom. The summed E-state index contributed by atoms with van der Waals surface area (Å²) in [6, 6.07) is 0. The Hall–Kier alpha value is -0.450. The topological polar surface area (TPSA) is 83.6 Å². The summed E-state index contributed by atoms with van der Waals surface area (Å²) in [6.07, 6.45) is -0.731. The van der Waals surface area contributed by atoms with E-state index in [9.17, 15) is 4.79 Å². The molecule has 10 heavy (non-hydrogen) atoms. The lowest BCUT2D eigenvalue weighted by atomic mass is 10.4. The second kappa shape index (κ2) is 8.55. The average molecular weight is 149 g/mol. The molecule has 0 spiro atoms. The van der Waals surface area contributed by atoms with Crippen molar-refractivity contribution in [1.82, 2.24) is 0 Å². The van der Waals surface area contributed by atoms with Crippen LogP contribution in [-0.4, -0.2) is 35.3 Å². The van der Waals surface area contributed by atoms with Crippen LogP contribution in [0, 0.1) is 0 Å². The lowest BCUT2D eigenvalue weighted by molar-refractivity contribution is -0.114. The van der Waals surface area contributed by atoms with Gasteiger partial charge in [-0.25, -0.2) is 0 Å². The molecule has 0 saturated carbocycles. The Bertz CT molecular complexity index is 77.1. The molecule has 0 aliphatic carbocycles. The maximum atomic E-state index is 9.44. The van der Waals surface area contributed by atoms with Gasteiger partial charge in [-0.1, -0.05) is 0 Å². The molecular formula is C6H15NO3. The lowest BCUT2D eigenvalue weighted by Gasteiger charge is -1.97. The molecule has 0 aromatic heterocycles. The van der Waals surface area contributed by atoms with E-state index < -0.39 is 6.10 Å². The van der Waals surface area contributed by atoms with Gasteiger partial charge in [-0.2, -0.15) is 0 Å². The minimum Gasteiger partial charge on any atom is -0.394 e. The van der Waals surface area contributed by atoms with Crippen LogP contribution in [0.3, 0.4) is 0 Å². The standard InChI is InChI=1S/C3H9NO2.C3H6O/c4-1-3(6)2-5;1-3(2)4/h3,5-6H,1-2,4H2;1-2H3. The lowest BCUT2D eigenvalue weighted by Crippen LogP contribution is -2.22. The molecule has 0 aliphatic rings. The Morgan fingerprint density at radius 2 is 1.90 bits per heavy atom. The number of aliphatic hydroxyl groups is 2. The third-order valence-electron chi connectivity index (χ3n) is 0.483. The van der Waals surface area contributed by atoms with Gasteiger partial charge in [0.25, 0.3) is 0 Å². The summed E-state index contributed by atoms with van der Waals surface area (Å²) in [5.74, 6) is 0.167. The van der Waals surface area contributed by atoms with Gasteiger partial charge in [-0.15, -0.1) is 0 Å². The normalized spacial score (nSPS) is 11.3. The molecule has 0 aromatic carbocycles. The van der Waals surface area contributed by atoms with E-state index in [2.05, 4.69) is 0 Å². The molecule has 0 amide bonds. The molecule has 0 fully saturated rings. The van der Waals surface area contributed by atoms with Gasteiger partial charge >= 0.3 is 0 Å². The quantitative estimate of drug-likeness (QED) is 0.465. The summed E-state index contributed by atoms with van der Waals surface area (Å²) in [6.45, 7) is 2.95. The molecule has 0 bridgehead atoms. The Labute approximate surface area is 60.7 Å². The van der Waals surface area contributed by atoms with Gasteiger partial charge in [-0.05, 0) is 13.8 Å². The number of hydrogen-bond donors (Lipinski definition) is 3. The van der Waals surface area contributed by atoms with Crippen molar-refractivity contribution < 1.29 is 15.0 Å². The van der Waals surface area contributed by atoms with Gasteiger partial charge in [0.05, 0.1) is 12.7 Å². The highest BCUT2D eigenvalue weighted by Crippen LogP contribution is 1.69. The summed E-state index contributed by atoms with van der Waals surface area (Å²) < 4.78 is 0. The number of carbonyl (C=O) groups is 1. The number of nitrogens with two attached hydrogens (primary N) is 1. The van der Waals surface area contributed by atoms with Crippen LogP contribution in [0.25, 0.3) is 0 Å². The van der Waals surface area contributed by atoms with E-state index in [0.29, 0.717) is 0 Å². The number of carbonyl (C=O) groups excluding carboxylic acids is 1. The van der Waals surface area contributed by atoms with Crippen LogP contribution < -0.4 is 5.73 Å². The van der Waals surface area contributed by atoms with Crippen molar-refractivity contribution in [1.29, 1.82) is 0 Å². The molecule has 0 heterocycles. The van der Waals surface area contributed by atoms with Gasteiger partial charge in [0.1, 0.15) is 5.78 Å². The first-order valence-electron chi connectivity index (χ1n) is 3.00. The zero-order valence-electron chi connectivity index (χ0n) is 6.37. The van der Waals surface area contributed by atoms with Crippen LogP contribution in [-0.2, 0) is 4.79 Å². The molecule has 0 rings (SSSR count). The van der Waals surface area contributed by atoms with E-state index >= 15 is 0 Å². The van der Waals surface area contributed by atoms with Crippen LogP contribution in [0.15, 0.2) is 0 Å². The number of rotatable bonds is 2. The highest BCUT2D eigenvalue weighted by molar-refractivity contribution is 5.72. The van der Waals surface area contributed by atoms with E-state index in [1.54, 1.807) is 0 Å². The molecule has 0 saturated heterocycles. The molecule has 4 N–H and O–H groups in total. The van der Waals surface area contributed by atoms with Crippen LogP contribution >= 0.6 is 0 Å². The van der Waals surface area contributed by atoms with Crippen molar-refractivity contribution in [3.63, 3.8) is 0 Å². The van der Waals surface area contributed by atoms with Gasteiger partial charge in [0.15, 0.2) is 0 Å². The van der Waals surface area contributed by atoms with E-state index in [1.807, 2.05) is 0 Å². The van der Waals surface area contributed by atoms with E-state index in [0.717, 1.165) is 0 Å². The van der Waals surface area contributed by atoms with Crippen molar-refractivity contribution in [3.8, 4) is 0 Å². The Kier molecular flexibility index (Phi) is 10.5. The summed E-state index contributed by atoms with van der Waals surface area (Å²) in [7, 11) is 0. The molecule has 4 heteroatoms. The van der Waals surface area contributed by atoms with Crippen molar-refractivity contribution in [2.75, 3.05) is 13.2 Å². The maximum Gasteiger partial charge on any atom is 0.126 e. The molecule has 4 nitrogen and oxygen atoms in total. The first-order chi connectivity index (χ1) is 4.54. The van der Waals surface area contributed by atoms with E-state index in [4.69, 9.17) is 15.9 Å². The van der Waals surface area contributed by atoms with Gasteiger partial charge in [0, 0.05) is 6.54 Å². The Balaban J connectivity index is 0. The fraction of sp³-hybridized carbons (Fsp3) is 0.833. The third kappa shape index (κ3) is 25.7. The number of Topliss-reactive ketones (excluding diaryl/α,β-unsaturated/α-hetero) is 1. The number of hydrogen-bond acceptors (Lipinski definition) is 4. The largest absolute Gasteiger partial charge is 0.394 e. The molecule has 0 aromatic rings. The smallest absolute Gasteiger partial charge is 0.126 e. The van der Waals surface area contributed by atoms with Gasteiger partial charge in [0.2, 0.25) is 0 Å². The first-order valence-corrected chi connectivity index (χ1v) is 3.00. The van der Waals surface area contributed by atoms with Crippen molar-refractivity contribution in [2.24, 2.45) is 5.73 Å². The molecular weight excluding hydrogens is 134 g/mol. The van der Waals surface area contributed by atoms with Crippen LogP contribution in [0.1, 0.15) is 13.8 Å². The fourth-order valence-corrected chi connectivity index (χ4v) is 0.0745. The van der Waals surface area contributed by atoms with Crippen LogP contribution in [0.2, 0.25) is 0 Å². The molecule has 1 atom stereocenters. The molecule has 1 unspecified atom stereocenters. The number of ketones is 1. The van der Waals surface area contributed by atoms with Crippen LogP contribution in [0.4, 0.5) is 0 Å². The first kappa shape index (κ1) is 12.2. The minimum atomic E-state index is -0.731. The highest BCUT2D eigenvalue weighted by Gasteiger charge is 1.92. The second-order valence-electron chi connectivity index (χ2n) is 1.98. The fourth-order valence-electron chi connectivity index (χ4n) is 0.0745. The molecule has 0 aliphatic heterocycles. The second-order valence-corrected chi connectivity index (χ2v) is 1.98. The minimum absolute atomic E-state index is 0.135. The average Bonchev–Trinajstić information content (AvgIpc) is 1.85. The zero-order valence-corrected chi connectivity index (χ0v) is 6.37. The SMILES string of the molecule is CC(C)=O.NCC(O)CO. The molecule has 0 radical (unpaired) electrons. The van der Waals surface area contributed by atoms with Crippen molar-refractivity contribution in [2.45, 2.75) is 20.0 Å². The molecule has 62 valence electrons. The summed E-state index contributed by atoms with van der Waals surface area (Å²) >= 11 is 0. The van der Waals surface area contributed by atoms with Crippen molar-refractivity contribution in [3.05, 3.63) is 0 Å². The highest BCUT2D eigenvalue weighted by atomic mass is 16.3. The summed E-state index contributed by atoms with van der Waals surface area (Å²) in [5.41, 5.74) is 4.87. The van der Waals surface area contributed by atoms with E-state index in [1.165, 1.54) is 13.8 Å². The van der Waals surface area contributed by atoms with Gasteiger partial charge < -0.3 is 20.7 Å². The van der Waals surface area contributed by atoms with Crippen LogP contribution in [0.5, 0.6) is 0 Å². The zero-order chi connectivity index (χ0) is 8.57. The summed E-state index contributed by atoms with van der Waals surface area (Å²) in [4.78, 5) is 9.44. The Morgan fingerprint density at radius 1 is 1.60 bits per heavy atom. The van der Waals surface area contributed by atoms with E-state index in [-0.39, 0.29) is 18.9 Å². The number of aliphatic hydroxyl groups excluding tert-OH is 2.